The van der Waals surface area contributed by atoms with Crippen LogP contribution in [0.2, 0.25) is 0 Å². The maximum atomic E-state index is 4.56. The molecule has 0 saturated carbocycles. The van der Waals surface area contributed by atoms with Gasteiger partial charge in [0.2, 0.25) is 0 Å². The Kier molecular flexibility index (Phi) is 4.19. The Hall–Kier alpha value is -2.02. The van der Waals surface area contributed by atoms with E-state index in [-0.39, 0.29) is 0 Å². The predicted octanol–water partition coefficient (Wildman–Crippen LogP) is 4.90. The summed E-state index contributed by atoms with van der Waals surface area (Å²) in [4.78, 5) is 3.92. The van der Waals surface area contributed by atoms with Crippen LogP contribution in [0.1, 0.15) is 16.7 Å². The molecule has 0 aliphatic carbocycles. The number of hydrogen-bond acceptors (Lipinski definition) is 2. The van der Waals surface area contributed by atoms with E-state index in [1.165, 1.54) is 11.1 Å². The Morgan fingerprint density at radius 2 is 1.39 bits per heavy atom. The van der Waals surface area contributed by atoms with E-state index in [1.807, 2.05) is 24.3 Å². The molecule has 0 unspecified atom stereocenters. The van der Waals surface area contributed by atoms with Crippen molar-refractivity contribution in [2.24, 2.45) is 4.99 Å². The molecule has 2 aromatic carbocycles. The van der Waals surface area contributed by atoms with E-state index < -0.39 is 0 Å². The molecule has 0 fully saturated rings. The number of aliphatic imine (C=N–C) groups is 1. The van der Waals surface area contributed by atoms with Crippen LogP contribution in [0.3, 0.4) is 0 Å². The Bertz CT molecular complexity index is 588. The molecule has 0 aliphatic rings. The molecule has 0 bridgehead atoms. The molecule has 0 aromatic heterocycles. The number of benzene rings is 2. The first-order chi connectivity index (χ1) is 8.78. The number of hydrogen-bond donors (Lipinski definition) is 0. The monoisotopic (exact) mass is 251 g/mol. The Morgan fingerprint density at radius 1 is 0.889 bits per heavy atom. The summed E-state index contributed by atoms with van der Waals surface area (Å²) in [6.45, 7) is 2.09. The van der Waals surface area contributed by atoms with Gasteiger partial charge in [-0.2, -0.15) is 4.99 Å². The van der Waals surface area contributed by atoms with Crippen LogP contribution in [0.4, 0.5) is 5.69 Å². The Labute approximate surface area is 113 Å². The van der Waals surface area contributed by atoms with E-state index in [0.29, 0.717) is 0 Å². The molecule has 18 heavy (non-hydrogen) atoms. The van der Waals surface area contributed by atoms with Gasteiger partial charge in [0, 0.05) is 0 Å². The number of aryl methyl sites for hydroxylation is 1. The smallest absolute Gasteiger partial charge is 0.0739 e. The third-order valence-corrected chi connectivity index (χ3v) is 2.70. The van der Waals surface area contributed by atoms with Crippen molar-refractivity contribution in [3.63, 3.8) is 0 Å². The highest BCUT2D eigenvalue weighted by molar-refractivity contribution is 7.78. The molecule has 0 heterocycles. The first kappa shape index (κ1) is 12.4. The second-order valence-electron chi connectivity index (χ2n) is 4.04. The van der Waals surface area contributed by atoms with Gasteiger partial charge in [-0.25, -0.2) is 0 Å². The molecule has 2 aromatic rings. The zero-order valence-electron chi connectivity index (χ0n) is 10.1. The van der Waals surface area contributed by atoms with Crippen molar-refractivity contribution >= 4 is 35.2 Å². The minimum Gasteiger partial charge on any atom is -0.195 e. The van der Waals surface area contributed by atoms with Gasteiger partial charge in [-0.15, -0.1) is 0 Å². The van der Waals surface area contributed by atoms with Crippen molar-refractivity contribution in [3.05, 3.63) is 65.2 Å². The van der Waals surface area contributed by atoms with Crippen LogP contribution in [-0.2, 0) is 0 Å². The Morgan fingerprint density at radius 3 is 1.89 bits per heavy atom. The lowest BCUT2D eigenvalue weighted by Gasteiger charge is -1.96. The molecule has 1 nitrogen and oxygen atoms in total. The van der Waals surface area contributed by atoms with Crippen LogP contribution >= 0.6 is 12.2 Å². The third kappa shape index (κ3) is 3.49. The van der Waals surface area contributed by atoms with E-state index in [4.69, 9.17) is 0 Å². The quantitative estimate of drug-likeness (QED) is 0.429. The summed E-state index contributed by atoms with van der Waals surface area (Å²) in [5.74, 6) is 0. The van der Waals surface area contributed by atoms with Crippen LogP contribution in [0, 0.1) is 6.92 Å². The summed E-state index contributed by atoms with van der Waals surface area (Å²) in [5, 5.41) is 2.36. The normalized spacial score (nSPS) is 10.3. The predicted molar refractivity (Wildman–Crippen MR) is 81.2 cm³/mol. The maximum Gasteiger partial charge on any atom is 0.0739 e. The van der Waals surface area contributed by atoms with E-state index in [0.717, 1.165) is 11.3 Å². The largest absolute Gasteiger partial charge is 0.195 e. The molecular formula is C16H13NS. The van der Waals surface area contributed by atoms with Gasteiger partial charge in [-0.3, -0.25) is 0 Å². The molecule has 0 aliphatic heterocycles. The van der Waals surface area contributed by atoms with Gasteiger partial charge in [0.1, 0.15) is 0 Å². The lowest BCUT2D eigenvalue weighted by molar-refractivity contribution is 1.46. The number of thiocarbonyl (C=S) groups is 1. The van der Waals surface area contributed by atoms with Gasteiger partial charge in [0.15, 0.2) is 0 Å². The van der Waals surface area contributed by atoms with E-state index in [1.54, 1.807) is 0 Å². The highest BCUT2D eigenvalue weighted by atomic mass is 32.1. The van der Waals surface area contributed by atoms with E-state index >= 15 is 0 Å². The van der Waals surface area contributed by atoms with Crippen LogP contribution in [0.25, 0.3) is 12.2 Å². The van der Waals surface area contributed by atoms with Gasteiger partial charge >= 0.3 is 0 Å². The highest BCUT2D eigenvalue weighted by Crippen LogP contribution is 2.14. The number of isothiocyanates is 1. The van der Waals surface area contributed by atoms with Gasteiger partial charge in [0.05, 0.1) is 10.8 Å². The zero-order valence-corrected chi connectivity index (χ0v) is 10.9. The van der Waals surface area contributed by atoms with E-state index in [9.17, 15) is 0 Å². The third-order valence-electron chi connectivity index (χ3n) is 2.61. The van der Waals surface area contributed by atoms with Gasteiger partial charge in [0.25, 0.3) is 0 Å². The fraction of sp³-hybridized carbons (Fsp3) is 0.0625. The van der Waals surface area contributed by atoms with Gasteiger partial charge < -0.3 is 0 Å². The summed E-state index contributed by atoms with van der Waals surface area (Å²) in [6.07, 6.45) is 4.17. The molecule has 0 saturated heterocycles. The van der Waals surface area contributed by atoms with E-state index in [2.05, 4.69) is 65.7 Å². The molecule has 2 heteroatoms. The minimum absolute atomic E-state index is 0.831. The molecule has 0 radical (unpaired) electrons. The lowest BCUT2D eigenvalue weighted by Crippen LogP contribution is -1.74. The molecule has 0 amide bonds. The van der Waals surface area contributed by atoms with Crippen molar-refractivity contribution < 1.29 is 0 Å². The summed E-state index contributed by atoms with van der Waals surface area (Å²) >= 11 is 4.56. The summed E-state index contributed by atoms with van der Waals surface area (Å²) in [5.41, 5.74) is 4.44. The average molecular weight is 251 g/mol. The average Bonchev–Trinajstić information content (AvgIpc) is 2.40. The first-order valence-electron chi connectivity index (χ1n) is 5.70. The van der Waals surface area contributed by atoms with Gasteiger partial charge in [-0.05, 0) is 42.4 Å². The molecule has 0 atom stereocenters. The lowest BCUT2D eigenvalue weighted by atomic mass is 10.1. The highest BCUT2D eigenvalue weighted by Gasteiger charge is 1.90. The van der Waals surface area contributed by atoms with Crippen molar-refractivity contribution in [2.75, 3.05) is 0 Å². The summed E-state index contributed by atoms with van der Waals surface area (Å²) in [6, 6.07) is 16.3. The van der Waals surface area contributed by atoms with Crippen molar-refractivity contribution in [3.8, 4) is 0 Å². The fourth-order valence-electron chi connectivity index (χ4n) is 1.58. The first-order valence-corrected chi connectivity index (χ1v) is 6.11. The van der Waals surface area contributed by atoms with Crippen LogP contribution < -0.4 is 0 Å². The summed E-state index contributed by atoms with van der Waals surface area (Å²) in [7, 11) is 0. The van der Waals surface area contributed by atoms with Crippen molar-refractivity contribution in [1.29, 1.82) is 0 Å². The topological polar surface area (TPSA) is 12.4 Å². The second-order valence-corrected chi connectivity index (χ2v) is 4.22. The number of rotatable bonds is 3. The summed E-state index contributed by atoms with van der Waals surface area (Å²) < 4.78 is 0. The molecule has 0 spiro atoms. The van der Waals surface area contributed by atoms with Crippen molar-refractivity contribution in [1.82, 2.24) is 0 Å². The maximum absolute atomic E-state index is 4.56. The SMILES string of the molecule is Cc1ccc(/C=C/c2ccc(N=C=S)cc2)cc1. The molecule has 0 N–H and O–H groups in total. The van der Waals surface area contributed by atoms with Crippen LogP contribution in [0.15, 0.2) is 53.5 Å². The molecule has 2 rings (SSSR count). The number of nitrogens with zero attached hydrogens (tertiary/aromatic N) is 1. The minimum atomic E-state index is 0.831. The fourth-order valence-corrected chi connectivity index (χ4v) is 1.69. The molecular weight excluding hydrogens is 238 g/mol. The van der Waals surface area contributed by atoms with Gasteiger partial charge in [-0.1, -0.05) is 54.1 Å². The van der Waals surface area contributed by atoms with Crippen LogP contribution in [0.5, 0.6) is 0 Å². The van der Waals surface area contributed by atoms with Crippen molar-refractivity contribution in [2.45, 2.75) is 6.92 Å². The standard InChI is InChI=1S/C16H13NS/c1-13-2-4-14(5-3-13)6-7-15-8-10-16(11-9-15)17-12-18/h2-11H,1H3/b7-6+. The molecule has 88 valence electrons. The second kappa shape index (κ2) is 6.06. The van der Waals surface area contributed by atoms with Crippen LogP contribution in [-0.4, -0.2) is 5.16 Å². The zero-order chi connectivity index (χ0) is 12.8. The Balaban J connectivity index is 2.13.